The SMILES string of the molecule is O=COn1nc2ccccc2n1. The number of hydrogen-bond acceptors (Lipinski definition) is 4. The van der Waals surface area contributed by atoms with Gasteiger partial charge >= 0.3 is 6.47 Å². The highest BCUT2D eigenvalue weighted by Crippen LogP contribution is 2.05. The molecule has 1 aromatic carbocycles. The Morgan fingerprint density at radius 2 is 1.83 bits per heavy atom. The molecular formula is C7H5N3O2. The molecule has 0 aliphatic carbocycles. The number of carbonyl (C=O) groups excluding carboxylic acids is 1. The average molecular weight is 163 g/mol. The minimum Gasteiger partial charge on any atom is -0.305 e. The molecule has 60 valence electrons. The number of aromatic nitrogens is 3. The van der Waals surface area contributed by atoms with E-state index in [1.54, 1.807) is 12.1 Å². The lowest BCUT2D eigenvalue weighted by Gasteiger charge is -1.87. The summed E-state index contributed by atoms with van der Waals surface area (Å²) >= 11 is 0. The molecule has 1 aromatic heterocycles. The van der Waals surface area contributed by atoms with E-state index in [2.05, 4.69) is 15.0 Å². The molecule has 0 radical (unpaired) electrons. The van der Waals surface area contributed by atoms with Gasteiger partial charge in [0, 0.05) is 4.96 Å². The van der Waals surface area contributed by atoms with Crippen molar-refractivity contribution >= 4 is 17.5 Å². The molecule has 0 aliphatic rings. The van der Waals surface area contributed by atoms with Crippen LogP contribution in [0.2, 0.25) is 0 Å². The summed E-state index contributed by atoms with van der Waals surface area (Å²) in [6.07, 6.45) is 0. The molecule has 0 spiro atoms. The van der Waals surface area contributed by atoms with E-state index in [-0.39, 0.29) is 6.47 Å². The summed E-state index contributed by atoms with van der Waals surface area (Å²) in [5.74, 6) is 0. The second-order valence-electron chi connectivity index (χ2n) is 2.14. The zero-order valence-corrected chi connectivity index (χ0v) is 6.04. The van der Waals surface area contributed by atoms with Gasteiger partial charge in [-0.05, 0) is 12.1 Å². The third kappa shape index (κ3) is 1.01. The fourth-order valence-corrected chi connectivity index (χ4v) is 0.926. The van der Waals surface area contributed by atoms with Crippen molar-refractivity contribution in [2.75, 3.05) is 0 Å². The molecule has 12 heavy (non-hydrogen) atoms. The van der Waals surface area contributed by atoms with Crippen LogP contribution in [0.25, 0.3) is 11.0 Å². The second-order valence-corrected chi connectivity index (χ2v) is 2.14. The molecule has 0 bridgehead atoms. The smallest absolute Gasteiger partial charge is 0.305 e. The Balaban J connectivity index is 2.54. The summed E-state index contributed by atoms with van der Waals surface area (Å²) in [7, 11) is 0. The minimum atomic E-state index is 0.277. The fourth-order valence-electron chi connectivity index (χ4n) is 0.926. The first-order chi connectivity index (χ1) is 5.90. The standard InChI is InChI=1S/C7H5N3O2/c11-5-12-10-8-6-3-1-2-4-7(6)9-10/h1-5H. The van der Waals surface area contributed by atoms with Gasteiger partial charge in [-0.15, -0.1) is 10.2 Å². The van der Waals surface area contributed by atoms with Crippen LogP contribution >= 0.6 is 0 Å². The molecule has 0 fully saturated rings. The monoisotopic (exact) mass is 163 g/mol. The Bertz CT molecular complexity index is 377. The second kappa shape index (κ2) is 2.61. The van der Waals surface area contributed by atoms with E-state index in [9.17, 15) is 4.79 Å². The molecule has 0 N–H and O–H groups in total. The number of fused-ring (bicyclic) bond motifs is 1. The van der Waals surface area contributed by atoms with Gasteiger partial charge in [0.1, 0.15) is 11.0 Å². The van der Waals surface area contributed by atoms with E-state index >= 15 is 0 Å². The highest BCUT2D eigenvalue weighted by atomic mass is 16.7. The molecule has 2 rings (SSSR count). The van der Waals surface area contributed by atoms with Crippen molar-refractivity contribution in [3.63, 3.8) is 0 Å². The first-order valence-corrected chi connectivity index (χ1v) is 3.33. The predicted octanol–water partition coefficient (Wildman–Crippen LogP) is 0.0163. The van der Waals surface area contributed by atoms with E-state index in [1.807, 2.05) is 12.1 Å². The third-order valence-corrected chi connectivity index (χ3v) is 1.41. The normalized spacial score (nSPS) is 10.0. The maximum absolute atomic E-state index is 9.93. The predicted molar refractivity (Wildman–Crippen MR) is 40.2 cm³/mol. The number of hydrogen-bond donors (Lipinski definition) is 0. The molecule has 0 atom stereocenters. The lowest BCUT2D eigenvalue weighted by Crippen LogP contribution is -2.12. The van der Waals surface area contributed by atoms with Gasteiger partial charge in [0.05, 0.1) is 0 Å². The lowest BCUT2D eigenvalue weighted by molar-refractivity contribution is -0.132. The Hall–Kier alpha value is -1.91. The van der Waals surface area contributed by atoms with Gasteiger partial charge in [-0.3, -0.25) is 4.79 Å². The Labute approximate surface area is 67.5 Å². The van der Waals surface area contributed by atoms with Crippen LogP contribution in [0, 0.1) is 0 Å². The topological polar surface area (TPSA) is 57.0 Å². The first-order valence-electron chi connectivity index (χ1n) is 3.33. The van der Waals surface area contributed by atoms with E-state index in [1.165, 1.54) is 0 Å². The van der Waals surface area contributed by atoms with Crippen molar-refractivity contribution < 1.29 is 9.63 Å². The lowest BCUT2D eigenvalue weighted by atomic mass is 10.3. The van der Waals surface area contributed by atoms with Crippen LogP contribution in [-0.4, -0.2) is 21.6 Å². The van der Waals surface area contributed by atoms with Crippen molar-refractivity contribution in [1.82, 2.24) is 15.2 Å². The number of nitrogens with zero attached hydrogens (tertiary/aromatic N) is 3. The molecule has 0 amide bonds. The van der Waals surface area contributed by atoms with Crippen LogP contribution in [0.1, 0.15) is 0 Å². The number of rotatable bonds is 2. The Morgan fingerprint density at radius 3 is 2.33 bits per heavy atom. The molecule has 0 saturated carbocycles. The largest absolute Gasteiger partial charge is 0.325 e. The highest BCUT2D eigenvalue weighted by molar-refractivity contribution is 5.72. The zero-order valence-electron chi connectivity index (χ0n) is 6.04. The Morgan fingerprint density at radius 1 is 1.25 bits per heavy atom. The Kier molecular flexibility index (Phi) is 1.48. The molecular weight excluding hydrogens is 158 g/mol. The van der Waals surface area contributed by atoms with Gasteiger partial charge in [-0.25, -0.2) is 0 Å². The van der Waals surface area contributed by atoms with E-state index in [0.717, 1.165) is 4.96 Å². The van der Waals surface area contributed by atoms with Crippen LogP contribution in [-0.2, 0) is 4.79 Å². The van der Waals surface area contributed by atoms with Crippen LogP contribution in [0.4, 0.5) is 0 Å². The van der Waals surface area contributed by atoms with Crippen molar-refractivity contribution in [2.45, 2.75) is 0 Å². The van der Waals surface area contributed by atoms with Crippen LogP contribution in [0.5, 0.6) is 0 Å². The quantitative estimate of drug-likeness (QED) is 0.585. The van der Waals surface area contributed by atoms with Gasteiger partial charge in [0.15, 0.2) is 0 Å². The summed E-state index contributed by atoms with van der Waals surface area (Å²) < 4.78 is 0. The van der Waals surface area contributed by atoms with Crippen molar-refractivity contribution in [3.8, 4) is 0 Å². The summed E-state index contributed by atoms with van der Waals surface area (Å²) in [6.45, 7) is 0.277. The summed E-state index contributed by atoms with van der Waals surface area (Å²) in [4.78, 5) is 15.2. The average Bonchev–Trinajstić information content (AvgIpc) is 2.47. The number of carbonyl (C=O) groups is 1. The molecule has 5 nitrogen and oxygen atoms in total. The summed E-state index contributed by atoms with van der Waals surface area (Å²) in [5, 5.41) is 7.71. The molecule has 1 heterocycles. The zero-order chi connectivity index (χ0) is 8.39. The van der Waals surface area contributed by atoms with Crippen LogP contribution in [0.15, 0.2) is 24.3 Å². The van der Waals surface area contributed by atoms with Gasteiger partial charge in [0.25, 0.3) is 0 Å². The maximum atomic E-state index is 9.93. The molecule has 2 aromatic rings. The van der Waals surface area contributed by atoms with Gasteiger partial charge in [0.2, 0.25) is 0 Å². The van der Waals surface area contributed by atoms with E-state index in [0.29, 0.717) is 11.0 Å². The molecule has 0 unspecified atom stereocenters. The van der Waals surface area contributed by atoms with Crippen LogP contribution in [0.3, 0.4) is 0 Å². The van der Waals surface area contributed by atoms with Crippen molar-refractivity contribution in [3.05, 3.63) is 24.3 Å². The van der Waals surface area contributed by atoms with Gasteiger partial charge in [-0.1, -0.05) is 12.1 Å². The van der Waals surface area contributed by atoms with Crippen molar-refractivity contribution in [1.29, 1.82) is 0 Å². The number of benzene rings is 1. The maximum Gasteiger partial charge on any atom is 0.325 e. The summed E-state index contributed by atoms with van der Waals surface area (Å²) in [6, 6.07) is 7.24. The fraction of sp³-hybridized carbons (Fsp3) is 0. The van der Waals surface area contributed by atoms with Crippen molar-refractivity contribution in [2.24, 2.45) is 0 Å². The molecule has 5 heteroatoms. The first kappa shape index (κ1) is 6.78. The minimum absolute atomic E-state index is 0.277. The third-order valence-electron chi connectivity index (χ3n) is 1.41. The van der Waals surface area contributed by atoms with E-state index in [4.69, 9.17) is 0 Å². The molecule has 0 saturated heterocycles. The van der Waals surface area contributed by atoms with E-state index < -0.39 is 0 Å². The highest BCUT2D eigenvalue weighted by Gasteiger charge is 1.99. The molecule has 0 aliphatic heterocycles. The van der Waals surface area contributed by atoms with Crippen LogP contribution < -0.4 is 4.84 Å². The van der Waals surface area contributed by atoms with Gasteiger partial charge in [-0.2, -0.15) is 0 Å². The van der Waals surface area contributed by atoms with Gasteiger partial charge < -0.3 is 4.84 Å². The summed E-state index contributed by atoms with van der Waals surface area (Å²) in [5.41, 5.74) is 1.39.